The smallest absolute Gasteiger partial charge is 0.137 e. The molecule has 0 aromatic heterocycles. The molecule has 1 rings (SSSR count). The maximum Gasteiger partial charge on any atom is 0.137 e. The summed E-state index contributed by atoms with van der Waals surface area (Å²) in [6.45, 7) is 4.91. The van der Waals surface area contributed by atoms with E-state index in [4.69, 9.17) is 11.6 Å². The van der Waals surface area contributed by atoms with Crippen molar-refractivity contribution in [1.82, 2.24) is 4.90 Å². The van der Waals surface area contributed by atoms with Crippen LogP contribution in [-0.2, 0) is 6.54 Å². The third-order valence-corrected chi connectivity index (χ3v) is 4.03. The molecule has 4 heteroatoms. The van der Waals surface area contributed by atoms with Crippen molar-refractivity contribution in [3.05, 3.63) is 34.1 Å². The van der Waals surface area contributed by atoms with Crippen molar-refractivity contribution in [1.29, 1.82) is 0 Å². The van der Waals surface area contributed by atoms with Gasteiger partial charge in [-0.2, -0.15) is 0 Å². The minimum absolute atomic E-state index is 0.0670. The summed E-state index contributed by atoms with van der Waals surface area (Å²) in [6, 6.07) is 5.07. The van der Waals surface area contributed by atoms with Gasteiger partial charge in [-0.25, -0.2) is 4.39 Å². The maximum absolute atomic E-state index is 13.1. The second kappa shape index (κ2) is 5.48. The lowest BCUT2D eigenvalue weighted by molar-refractivity contribution is 0.170. The van der Waals surface area contributed by atoms with Gasteiger partial charge in [0.05, 0.1) is 4.47 Å². The number of hydrogen-bond acceptors (Lipinski definition) is 1. The van der Waals surface area contributed by atoms with Gasteiger partial charge < -0.3 is 0 Å². The average molecular weight is 309 g/mol. The molecule has 0 aliphatic carbocycles. The summed E-state index contributed by atoms with van der Waals surface area (Å²) >= 11 is 9.08. The van der Waals surface area contributed by atoms with Gasteiger partial charge in [-0.3, -0.25) is 4.90 Å². The van der Waals surface area contributed by atoms with E-state index in [1.807, 2.05) is 7.05 Å². The molecule has 0 saturated carbocycles. The lowest BCUT2D eigenvalue weighted by atomic mass is 10.1. The van der Waals surface area contributed by atoms with Crippen LogP contribution < -0.4 is 0 Å². The Labute approximate surface area is 110 Å². The molecule has 0 atom stereocenters. The molecular weight excluding hydrogens is 292 g/mol. The van der Waals surface area contributed by atoms with Gasteiger partial charge in [0.15, 0.2) is 0 Å². The predicted molar refractivity (Wildman–Crippen MR) is 70.4 cm³/mol. The van der Waals surface area contributed by atoms with E-state index in [0.717, 1.165) is 12.1 Å². The third kappa shape index (κ3) is 3.44. The summed E-state index contributed by atoms with van der Waals surface area (Å²) in [6.07, 6.45) is 0. The number of benzene rings is 1. The SMILES string of the molecule is CN(Cc1ccc(F)c(Br)c1)C(C)(C)CCl. The number of rotatable bonds is 4. The van der Waals surface area contributed by atoms with Crippen molar-refractivity contribution >= 4 is 27.5 Å². The van der Waals surface area contributed by atoms with E-state index in [9.17, 15) is 4.39 Å². The first-order chi connectivity index (χ1) is 7.36. The second-order valence-corrected chi connectivity index (χ2v) is 5.67. The first kappa shape index (κ1) is 13.9. The lowest BCUT2D eigenvalue weighted by Crippen LogP contribution is -2.42. The van der Waals surface area contributed by atoms with Gasteiger partial charge in [-0.15, -0.1) is 11.6 Å². The first-order valence-electron chi connectivity index (χ1n) is 5.08. The number of alkyl halides is 1. The van der Waals surface area contributed by atoms with E-state index in [0.29, 0.717) is 10.4 Å². The summed E-state index contributed by atoms with van der Waals surface area (Å²) < 4.78 is 13.6. The summed E-state index contributed by atoms with van der Waals surface area (Å²) in [5.41, 5.74) is 0.997. The number of hydrogen-bond donors (Lipinski definition) is 0. The van der Waals surface area contributed by atoms with Crippen molar-refractivity contribution in [3.8, 4) is 0 Å². The van der Waals surface area contributed by atoms with Crippen LogP contribution in [0.3, 0.4) is 0 Å². The molecule has 1 aromatic rings. The van der Waals surface area contributed by atoms with Crippen LogP contribution in [-0.4, -0.2) is 23.4 Å². The second-order valence-electron chi connectivity index (χ2n) is 4.55. The van der Waals surface area contributed by atoms with Gasteiger partial charge >= 0.3 is 0 Å². The standard InChI is InChI=1S/C12H16BrClFN/c1-12(2,8-14)16(3)7-9-4-5-11(15)10(13)6-9/h4-6H,7-8H2,1-3H3. The molecule has 0 heterocycles. The molecule has 0 spiro atoms. The third-order valence-electron chi connectivity index (χ3n) is 2.76. The predicted octanol–water partition coefficient (Wildman–Crippen LogP) is 4.04. The van der Waals surface area contributed by atoms with Crippen LogP contribution in [0.2, 0.25) is 0 Å². The minimum atomic E-state index is -0.233. The summed E-state index contributed by atoms with van der Waals surface area (Å²) in [4.78, 5) is 2.15. The van der Waals surface area contributed by atoms with Crippen LogP contribution in [0, 0.1) is 5.82 Å². The molecular formula is C12H16BrClFN. The van der Waals surface area contributed by atoms with Crippen molar-refractivity contribution in [2.75, 3.05) is 12.9 Å². The van der Waals surface area contributed by atoms with Crippen LogP contribution in [0.1, 0.15) is 19.4 Å². The van der Waals surface area contributed by atoms with Crippen LogP contribution in [0.4, 0.5) is 4.39 Å². The van der Waals surface area contributed by atoms with Gasteiger partial charge in [0.25, 0.3) is 0 Å². The Morgan fingerprint density at radius 3 is 2.56 bits per heavy atom. The van der Waals surface area contributed by atoms with Gasteiger partial charge in [0, 0.05) is 18.0 Å². The molecule has 0 N–H and O–H groups in total. The monoisotopic (exact) mass is 307 g/mol. The lowest BCUT2D eigenvalue weighted by Gasteiger charge is -2.33. The van der Waals surface area contributed by atoms with Crippen molar-refractivity contribution in [2.24, 2.45) is 0 Å². The molecule has 1 aromatic carbocycles. The molecule has 0 unspecified atom stereocenters. The number of nitrogens with zero attached hydrogens (tertiary/aromatic N) is 1. The Kier molecular flexibility index (Phi) is 4.77. The molecule has 16 heavy (non-hydrogen) atoms. The van der Waals surface area contributed by atoms with Crippen LogP contribution in [0.15, 0.2) is 22.7 Å². The quantitative estimate of drug-likeness (QED) is 0.759. The first-order valence-corrected chi connectivity index (χ1v) is 6.40. The highest BCUT2D eigenvalue weighted by Gasteiger charge is 2.22. The zero-order valence-electron chi connectivity index (χ0n) is 9.73. The van der Waals surface area contributed by atoms with Crippen molar-refractivity contribution in [2.45, 2.75) is 25.9 Å². The molecule has 0 aliphatic heterocycles. The minimum Gasteiger partial charge on any atom is -0.296 e. The van der Waals surface area contributed by atoms with E-state index in [2.05, 4.69) is 34.7 Å². The molecule has 0 bridgehead atoms. The highest BCUT2D eigenvalue weighted by atomic mass is 79.9. The van der Waals surface area contributed by atoms with Crippen LogP contribution in [0.25, 0.3) is 0 Å². The fraction of sp³-hybridized carbons (Fsp3) is 0.500. The average Bonchev–Trinajstić information content (AvgIpc) is 2.23. The van der Waals surface area contributed by atoms with Gasteiger partial charge in [-0.1, -0.05) is 6.07 Å². The van der Waals surface area contributed by atoms with E-state index in [-0.39, 0.29) is 11.4 Å². The molecule has 0 amide bonds. The highest BCUT2D eigenvalue weighted by Crippen LogP contribution is 2.21. The van der Waals surface area contributed by atoms with E-state index >= 15 is 0 Å². The molecule has 0 aliphatic rings. The number of halogens is 3. The Morgan fingerprint density at radius 2 is 2.06 bits per heavy atom. The zero-order chi connectivity index (χ0) is 12.3. The molecule has 0 saturated heterocycles. The normalized spacial score (nSPS) is 12.2. The highest BCUT2D eigenvalue weighted by molar-refractivity contribution is 9.10. The Morgan fingerprint density at radius 1 is 1.44 bits per heavy atom. The molecule has 0 fully saturated rings. The molecule has 0 radical (unpaired) electrons. The van der Waals surface area contributed by atoms with Gasteiger partial charge in [-0.05, 0) is 54.5 Å². The molecule has 90 valence electrons. The van der Waals surface area contributed by atoms with E-state index < -0.39 is 0 Å². The van der Waals surface area contributed by atoms with Gasteiger partial charge in [0.1, 0.15) is 5.82 Å². The van der Waals surface area contributed by atoms with Crippen molar-refractivity contribution < 1.29 is 4.39 Å². The Bertz CT molecular complexity index is 368. The van der Waals surface area contributed by atoms with Crippen LogP contribution >= 0.6 is 27.5 Å². The summed E-state index contributed by atoms with van der Waals surface area (Å²) in [5.74, 6) is 0.328. The van der Waals surface area contributed by atoms with Crippen LogP contribution in [0.5, 0.6) is 0 Å². The largest absolute Gasteiger partial charge is 0.296 e. The summed E-state index contributed by atoms with van der Waals surface area (Å²) in [5, 5.41) is 0. The fourth-order valence-corrected chi connectivity index (χ4v) is 1.86. The van der Waals surface area contributed by atoms with Crippen molar-refractivity contribution in [3.63, 3.8) is 0 Å². The van der Waals surface area contributed by atoms with E-state index in [1.165, 1.54) is 6.07 Å². The summed E-state index contributed by atoms with van der Waals surface area (Å²) in [7, 11) is 2.01. The topological polar surface area (TPSA) is 3.24 Å². The Balaban J connectivity index is 2.77. The van der Waals surface area contributed by atoms with E-state index in [1.54, 1.807) is 12.1 Å². The fourth-order valence-electron chi connectivity index (χ4n) is 1.23. The molecule has 1 nitrogen and oxygen atoms in total. The zero-order valence-corrected chi connectivity index (χ0v) is 12.1. The Hall–Kier alpha value is -0.120. The van der Waals surface area contributed by atoms with Gasteiger partial charge in [0.2, 0.25) is 0 Å². The maximum atomic E-state index is 13.1.